The molecule has 4 aromatic rings. The minimum Gasteiger partial charge on any atom is -0.487 e. The first kappa shape index (κ1) is 28.0. The number of aromatic nitrogens is 3. The average Bonchev–Trinajstić information content (AvgIpc) is 3.31. The lowest BCUT2D eigenvalue weighted by Gasteiger charge is -2.36. The van der Waals surface area contributed by atoms with Crippen molar-refractivity contribution in [3.8, 4) is 11.4 Å². The summed E-state index contributed by atoms with van der Waals surface area (Å²) in [7, 11) is -1.35. The largest absolute Gasteiger partial charge is 0.487 e. The van der Waals surface area contributed by atoms with Crippen molar-refractivity contribution < 1.29 is 14.6 Å². The van der Waals surface area contributed by atoms with E-state index in [9.17, 15) is 9.90 Å². The Kier molecular flexibility index (Phi) is 8.40. The Hall–Kier alpha value is -3.00. The third kappa shape index (κ3) is 5.41. The number of hydrogen-bond acceptors (Lipinski definition) is 4. The third-order valence-corrected chi connectivity index (χ3v) is 11.1. The zero-order chi connectivity index (χ0) is 27.6. The predicted octanol–water partition coefficient (Wildman–Crippen LogP) is 8.16. The fourth-order valence-corrected chi connectivity index (χ4v) is 7.38. The molecule has 200 valence electrons. The second kappa shape index (κ2) is 11.4. The minimum atomic E-state index is -1.35. The van der Waals surface area contributed by atoms with E-state index in [4.69, 9.17) is 27.9 Å². The summed E-state index contributed by atoms with van der Waals surface area (Å²) in [4.78, 5) is 13.7. The van der Waals surface area contributed by atoms with Crippen LogP contribution < -0.4 is 4.74 Å². The van der Waals surface area contributed by atoms with Crippen molar-refractivity contribution in [3.05, 3.63) is 93.2 Å². The molecule has 4 rings (SSSR count). The number of carboxylic acid groups (broad SMARTS) is 1. The van der Waals surface area contributed by atoms with Gasteiger partial charge in [-0.2, -0.15) is 10.0 Å². The second-order valence-corrected chi connectivity index (χ2v) is 14.0. The van der Waals surface area contributed by atoms with Gasteiger partial charge in [-0.3, -0.25) is 0 Å². The highest BCUT2D eigenvalue weighted by atomic mass is 35.5. The van der Waals surface area contributed by atoms with Gasteiger partial charge in [-0.25, -0.2) is 9.48 Å². The van der Waals surface area contributed by atoms with Crippen molar-refractivity contribution in [2.45, 2.75) is 50.0 Å². The van der Waals surface area contributed by atoms with E-state index in [1.54, 1.807) is 35.0 Å². The minimum absolute atomic E-state index is 0.133. The molecule has 0 saturated heterocycles. The first-order chi connectivity index (χ1) is 18.1. The van der Waals surface area contributed by atoms with Gasteiger partial charge in [0.2, 0.25) is 0 Å². The van der Waals surface area contributed by atoms with Crippen LogP contribution in [0, 0.1) is 6.92 Å². The molecule has 6 nitrogen and oxygen atoms in total. The van der Waals surface area contributed by atoms with Gasteiger partial charge in [0, 0.05) is 0 Å². The highest BCUT2D eigenvalue weighted by Crippen LogP contribution is 2.59. The molecule has 9 heteroatoms. The number of benzene rings is 3. The summed E-state index contributed by atoms with van der Waals surface area (Å²) >= 11 is 13.0. The number of carboxylic acids is 1. The number of carbonyl (C=O) groups is 1. The van der Waals surface area contributed by atoms with Crippen LogP contribution in [0.25, 0.3) is 5.69 Å². The first-order valence-corrected chi connectivity index (χ1v) is 15.2. The highest BCUT2D eigenvalue weighted by molar-refractivity contribution is 8.33. The maximum atomic E-state index is 11.3. The van der Waals surface area contributed by atoms with Gasteiger partial charge < -0.3 is 9.84 Å². The number of nitrogens with zero attached hydrogens (tertiary/aromatic N) is 3. The molecule has 1 aromatic heterocycles. The van der Waals surface area contributed by atoms with Gasteiger partial charge in [0.05, 0.1) is 21.3 Å². The molecule has 0 aliphatic carbocycles. The van der Waals surface area contributed by atoms with Gasteiger partial charge in [0.1, 0.15) is 23.7 Å². The fourth-order valence-electron chi connectivity index (χ4n) is 4.35. The summed E-state index contributed by atoms with van der Waals surface area (Å²) in [6.07, 6.45) is 2.25. The van der Waals surface area contributed by atoms with Gasteiger partial charge in [0.25, 0.3) is 0 Å². The zero-order valence-electron chi connectivity index (χ0n) is 22.0. The topological polar surface area (TPSA) is 77.2 Å². The Labute approximate surface area is 234 Å². The zero-order valence-corrected chi connectivity index (χ0v) is 24.4. The summed E-state index contributed by atoms with van der Waals surface area (Å²) in [5.74, 6) is 0.908. The standard InChI is InChI=1S/C29H31Cl2N3O3S/c1-6-38(5,21-12-10-20(11-13-21)29(35)36)22-14-15-26(19(4)16-22)37-17-25-27(18(2)3)32-33-34(25)28-23(30)8-7-9-24(28)31/h7-16,18H,6,17H2,1-5H3,(H,35,36). The molecule has 1 heterocycles. The molecular weight excluding hydrogens is 541 g/mol. The van der Waals surface area contributed by atoms with Crippen LogP contribution in [0.3, 0.4) is 0 Å². The van der Waals surface area contributed by atoms with Gasteiger partial charge in [-0.05, 0) is 94.8 Å². The number of hydrogen-bond donors (Lipinski definition) is 1. The lowest BCUT2D eigenvalue weighted by molar-refractivity contribution is 0.0697. The molecular formula is C29H31Cl2N3O3S. The average molecular weight is 573 g/mol. The summed E-state index contributed by atoms with van der Waals surface area (Å²) in [5, 5.41) is 19.0. The summed E-state index contributed by atoms with van der Waals surface area (Å²) in [6.45, 7) is 8.57. The van der Waals surface area contributed by atoms with E-state index < -0.39 is 16.0 Å². The van der Waals surface area contributed by atoms with Crippen LogP contribution in [0.2, 0.25) is 10.0 Å². The van der Waals surface area contributed by atoms with Crippen LogP contribution >= 0.6 is 33.2 Å². The molecule has 0 amide bonds. The molecule has 38 heavy (non-hydrogen) atoms. The van der Waals surface area contributed by atoms with E-state index in [1.165, 1.54) is 4.90 Å². The van der Waals surface area contributed by atoms with Gasteiger partial charge >= 0.3 is 5.97 Å². The predicted molar refractivity (Wildman–Crippen MR) is 155 cm³/mol. The molecule has 3 aromatic carbocycles. The van der Waals surface area contributed by atoms with Gasteiger partial charge in [-0.15, -0.1) is 5.10 Å². The second-order valence-electron chi connectivity index (χ2n) is 9.48. The third-order valence-electron chi connectivity index (χ3n) is 6.72. The number of aryl methyl sites for hydroxylation is 1. The summed E-state index contributed by atoms with van der Waals surface area (Å²) in [5.41, 5.74) is 3.50. The quantitative estimate of drug-likeness (QED) is 0.219. The smallest absolute Gasteiger partial charge is 0.335 e. The number of ether oxygens (including phenoxy) is 1. The SMILES string of the molecule is CCS(C)(c1ccc(C(=O)O)cc1)c1ccc(OCc2c(C(C)C)nnn2-c2c(Cl)cccc2Cl)c(C)c1. The Morgan fingerprint density at radius 1 is 1.05 bits per heavy atom. The Balaban J connectivity index is 1.64. The maximum Gasteiger partial charge on any atom is 0.335 e. The van der Waals surface area contributed by atoms with Crippen molar-refractivity contribution in [2.24, 2.45) is 0 Å². The Morgan fingerprint density at radius 2 is 1.68 bits per heavy atom. The van der Waals surface area contributed by atoms with Crippen LogP contribution in [0.4, 0.5) is 0 Å². The van der Waals surface area contributed by atoms with E-state index in [0.717, 1.165) is 33.3 Å². The van der Waals surface area contributed by atoms with Crippen LogP contribution in [-0.2, 0) is 6.61 Å². The number of para-hydroxylation sites is 1. The van der Waals surface area contributed by atoms with Crippen LogP contribution in [-0.4, -0.2) is 38.1 Å². The normalized spacial score (nSPS) is 13.8. The number of rotatable bonds is 9. The van der Waals surface area contributed by atoms with Gasteiger partial charge in [-0.1, -0.05) is 55.3 Å². The molecule has 0 fully saturated rings. The van der Waals surface area contributed by atoms with Crippen LogP contribution in [0.15, 0.2) is 70.5 Å². The van der Waals surface area contributed by atoms with Gasteiger partial charge in [0.15, 0.2) is 0 Å². The number of halogens is 2. The van der Waals surface area contributed by atoms with Crippen molar-refractivity contribution in [2.75, 3.05) is 12.0 Å². The Bertz CT molecular complexity index is 1450. The monoisotopic (exact) mass is 571 g/mol. The molecule has 1 N–H and O–H groups in total. The van der Waals surface area contributed by atoms with Crippen molar-refractivity contribution in [1.29, 1.82) is 0 Å². The lowest BCUT2D eigenvalue weighted by Crippen LogP contribution is -2.10. The van der Waals surface area contributed by atoms with E-state index in [-0.39, 0.29) is 12.5 Å². The lowest BCUT2D eigenvalue weighted by atomic mass is 10.1. The van der Waals surface area contributed by atoms with Crippen molar-refractivity contribution >= 4 is 39.2 Å². The highest BCUT2D eigenvalue weighted by Gasteiger charge is 2.24. The van der Waals surface area contributed by atoms with Crippen LogP contribution in [0.5, 0.6) is 5.75 Å². The van der Waals surface area contributed by atoms with Crippen molar-refractivity contribution in [3.63, 3.8) is 0 Å². The van der Waals surface area contributed by atoms with E-state index in [1.807, 2.05) is 25.1 Å². The van der Waals surface area contributed by atoms with Crippen LogP contribution in [0.1, 0.15) is 54.0 Å². The van der Waals surface area contributed by atoms with E-state index in [2.05, 4.69) is 49.5 Å². The molecule has 0 spiro atoms. The summed E-state index contributed by atoms with van der Waals surface area (Å²) < 4.78 is 7.99. The molecule has 0 saturated carbocycles. The molecule has 0 bridgehead atoms. The molecule has 0 radical (unpaired) electrons. The fraction of sp³-hybridized carbons (Fsp3) is 0.276. The maximum absolute atomic E-state index is 11.3. The van der Waals surface area contributed by atoms with Crippen molar-refractivity contribution in [1.82, 2.24) is 15.0 Å². The molecule has 1 atom stereocenters. The molecule has 0 aliphatic rings. The molecule has 0 aliphatic heterocycles. The first-order valence-electron chi connectivity index (χ1n) is 12.3. The van der Waals surface area contributed by atoms with E-state index in [0.29, 0.717) is 21.3 Å². The summed E-state index contributed by atoms with van der Waals surface area (Å²) in [6, 6.07) is 18.8. The van der Waals surface area contributed by atoms with E-state index >= 15 is 0 Å². The molecule has 1 unspecified atom stereocenters. The number of aromatic carboxylic acids is 1. The Morgan fingerprint density at radius 3 is 2.24 bits per heavy atom.